The quantitative estimate of drug-likeness (QED) is 0.478. The van der Waals surface area contributed by atoms with E-state index in [1.165, 1.54) is 10.4 Å². The number of aliphatic imine (C=N–C) groups is 1. The molecular formula is C20H25N5OS. The molecule has 2 aromatic heterocycles. The zero-order valence-electron chi connectivity index (χ0n) is 16.0. The summed E-state index contributed by atoms with van der Waals surface area (Å²) in [6.07, 6.45) is 1.83. The lowest BCUT2D eigenvalue weighted by molar-refractivity contribution is 0.422. The smallest absolute Gasteiger partial charge is 0.257 e. The molecule has 142 valence electrons. The predicted octanol–water partition coefficient (Wildman–Crippen LogP) is 3.92. The van der Waals surface area contributed by atoms with Crippen molar-refractivity contribution in [1.82, 2.24) is 20.8 Å². The minimum absolute atomic E-state index is 0.566. The van der Waals surface area contributed by atoms with Gasteiger partial charge in [-0.15, -0.1) is 11.3 Å². The summed E-state index contributed by atoms with van der Waals surface area (Å²) < 4.78 is 5.38. The highest BCUT2D eigenvalue weighted by molar-refractivity contribution is 7.10. The molecule has 0 atom stereocenters. The molecule has 0 aliphatic carbocycles. The number of aromatic nitrogens is 2. The predicted molar refractivity (Wildman–Crippen MR) is 110 cm³/mol. The van der Waals surface area contributed by atoms with Gasteiger partial charge in [-0.2, -0.15) is 4.98 Å². The van der Waals surface area contributed by atoms with Gasteiger partial charge in [0.1, 0.15) is 0 Å². The van der Waals surface area contributed by atoms with Gasteiger partial charge in [-0.05, 0) is 48.1 Å². The number of rotatable bonds is 7. The van der Waals surface area contributed by atoms with Crippen LogP contribution in [0, 0.1) is 6.92 Å². The van der Waals surface area contributed by atoms with Gasteiger partial charge < -0.3 is 15.2 Å². The zero-order chi connectivity index (χ0) is 19.1. The van der Waals surface area contributed by atoms with Gasteiger partial charge >= 0.3 is 0 Å². The summed E-state index contributed by atoms with van der Waals surface area (Å²) in [5, 5.41) is 12.8. The Balaban J connectivity index is 1.59. The van der Waals surface area contributed by atoms with Gasteiger partial charge in [0.25, 0.3) is 5.89 Å². The van der Waals surface area contributed by atoms with E-state index in [0.29, 0.717) is 12.4 Å². The Morgan fingerprint density at radius 3 is 2.81 bits per heavy atom. The molecule has 0 aliphatic heterocycles. The van der Waals surface area contributed by atoms with Gasteiger partial charge in [-0.3, -0.25) is 4.99 Å². The highest BCUT2D eigenvalue weighted by Crippen LogP contribution is 2.19. The molecule has 2 heterocycles. The van der Waals surface area contributed by atoms with Crippen LogP contribution in [0.2, 0.25) is 0 Å². The van der Waals surface area contributed by atoms with Crippen LogP contribution < -0.4 is 10.6 Å². The SMILES string of the molecule is CCCc1noc(-c2cccc(CNC(=NC)NCc3sccc3C)c2)n1. The van der Waals surface area contributed by atoms with E-state index in [-0.39, 0.29) is 0 Å². The van der Waals surface area contributed by atoms with Crippen LogP contribution in [0.15, 0.2) is 45.2 Å². The fraction of sp³-hybridized carbons (Fsp3) is 0.350. The number of guanidine groups is 1. The minimum atomic E-state index is 0.566. The van der Waals surface area contributed by atoms with Crippen molar-refractivity contribution in [3.05, 3.63) is 57.5 Å². The number of thiophene rings is 1. The fourth-order valence-electron chi connectivity index (χ4n) is 2.67. The lowest BCUT2D eigenvalue weighted by Gasteiger charge is -2.12. The van der Waals surface area contributed by atoms with E-state index in [0.717, 1.165) is 42.3 Å². The van der Waals surface area contributed by atoms with E-state index in [2.05, 4.69) is 63.2 Å². The first-order valence-electron chi connectivity index (χ1n) is 9.09. The highest BCUT2D eigenvalue weighted by Gasteiger charge is 2.09. The molecule has 2 N–H and O–H groups in total. The first-order chi connectivity index (χ1) is 13.2. The van der Waals surface area contributed by atoms with Crippen molar-refractivity contribution in [3.63, 3.8) is 0 Å². The second-order valence-corrected chi connectivity index (χ2v) is 7.27. The molecule has 7 heteroatoms. The van der Waals surface area contributed by atoms with E-state index >= 15 is 0 Å². The monoisotopic (exact) mass is 383 g/mol. The van der Waals surface area contributed by atoms with Gasteiger partial charge in [-0.25, -0.2) is 0 Å². The van der Waals surface area contributed by atoms with Crippen LogP contribution in [0.5, 0.6) is 0 Å². The van der Waals surface area contributed by atoms with E-state index in [1.54, 1.807) is 18.4 Å². The lowest BCUT2D eigenvalue weighted by atomic mass is 10.1. The standard InChI is InChI=1S/C20H25N5OS/c1-4-6-18-24-19(26-25-18)16-8-5-7-15(11-16)12-22-20(21-3)23-13-17-14(2)9-10-27-17/h5,7-11H,4,6,12-13H2,1-3H3,(H2,21,22,23). The largest absolute Gasteiger partial charge is 0.352 e. The molecule has 0 saturated heterocycles. The maximum absolute atomic E-state index is 5.38. The fourth-order valence-corrected chi connectivity index (χ4v) is 3.51. The van der Waals surface area contributed by atoms with Crippen LogP contribution in [0.25, 0.3) is 11.5 Å². The molecule has 0 fully saturated rings. The molecular weight excluding hydrogens is 358 g/mol. The normalized spacial score (nSPS) is 11.6. The van der Waals surface area contributed by atoms with Gasteiger partial charge in [0.2, 0.25) is 0 Å². The number of benzene rings is 1. The Bertz CT molecular complexity index is 899. The van der Waals surface area contributed by atoms with E-state index in [9.17, 15) is 0 Å². The number of aryl methyl sites for hydroxylation is 2. The molecule has 6 nitrogen and oxygen atoms in total. The summed E-state index contributed by atoms with van der Waals surface area (Å²) in [4.78, 5) is 10.1. The van der Waals surface area contributed by atoms with Crippen LogP contribution in [-0.4, -0.2) is 23.1 Å². The molecule has 0 radical (unpaired) electrons. The Labute approximate surface area is 163 Å². The Morgan fingerprint density at radius 1 is 1.22 bits per heavy atom. The summed E-state index contributed by atoms with van der Waals surface area (Å²) in [7, 11) is 1.78. The Kier molecular flexibility index (Phi) is 6.59. The Morgan fingerprint density at radius 2 is 2.07 bits per heavy atom. The van der Waals surface area contributed by atoms with Crippen LogP contribution in [0.4, 0.5) is 0 Å². The first kappa shape index (κ1) is 19.1. The van der Waals surface area contributed by atoms with Gasteiger partial charge in [0, 0.05) is 30.5 Å². The molecule has 1 aromatic carbocycles. The second-order valence-electron chi connectivity index (χ2n) is 6.27. The maximum atomic E-state index is 5.38. The summed E-state index contributed by atoms with van der Waals surface area (Å²) in [5.41, 5.74) is 3.36. The third kappa shape index (κ3) is 5.17. The number of nitrogens with zero attached hydrogens (tertiary/aromatic N) is 3. The average molecular weight is 384 g/mol. The third-order valence-electron chi connectivity index (χ3n) is 4.18. The Hall–Kier alpha value is -2.67. The molecule has 0 amide bonds. The van der Waals surface area contributed by atoms with Crippen molar-refractivity contribution in [1.29, 1.82) is 0 Å². The van der Waals surface area contributed by atoms with Crippen LogP contribution in [0.1, 0.15) is 35.2 Å². The van der Waals surface area contributed by atoms with E-state index < -0.39 is 0 Å². The van der Waals surface area contributed by atoms with E-state index in [1.807, 2.05) is 12.1 Å². The van der Waals surface area contributed by atoms with Crippen molar-refractivity contribution in [2.75, 3.05) is 7.05 Å². The summed E-state index contributed by atoms with van der Waals surface area (Å²) >= 11 is 1.75. The molecule has 3 aromatic rings. The number of hydrogen-bond acceptors (Lipinski definition) is 5. The third-order valence-corrected chi connectivity index (χ3v) is 5.21. The molecule has 0 spiro atoms. The van der Waals surface area contributed by atoms with Crippen LogP contribution in [0.3, 0.4) is 0 Å². The lowest BCUT2D eigenvalue weighted by Crippen LogP contribution is -2.36. The molecule has 0 aliphatic rings. The summed E-state index contributed by atoms with van der Waals surface area (Å²) in [5.74, 6) is 2.09. The molecule has 27 heavy (non-hydrogen) atoms. The number of nitrogens with one attached hydrogen (secondary N) is 2. The zero-order valence-corrected chi connectivity index (χ0v) is 16.8. The topological polar surface area (TPSA) is 75.3 Å². The highest BCUT2D eigenvalue weighted by atomic mass is 32.1. The number of hydrogen-bond donors (Lipinski definition) is 2. The van der Waals surface area contributed by atoms with Crippen molar-refractivity contribution < 1.29 is 4.52 Å². The molecule has 3 rings (SSSR count). The van der Waals surface area contributed by atoms with Crippen LogP contribution in [-0.2, 0) is 19.5 Å². The van der Waals surface area contributed by atoms with Crippen molar-refractivity contribution >= 4 is 17.3 Å². The van der Waals surface area contributed by atoms with Gasteiger partial charge in [0.05, 0.1) is 6.54 Å². The first-order valence-corrected chi connectivity index (χ1v) is 9.97. The minimum Gasteiger partial charge on any atom is -0.352 e. The van der Waals surface area contributed by atoms with E-state index in [4.69, 9.17) is 4.52 Å². The summed E-state index contributed by atoms with van der Waals surface area (Å²) in [6.45, 7) is 5.65. The molecule has 0 bridgehead atoms. The molecule has 0 unspecified atom stereocenters. The van der Waals surface area contributed by atoms with Gasteiger partial charge in [0.15, 0.2) is 11.8 Å². The van der Waals surface area contributed by atoms with Gasteiger partial charge in [-0.1, -0.05) is 24.2 Å². The molecule has 0 saturated carbocycles. The maximum Gasteiger partial charge on any atom is 0.257 e. The van der Waals surface area contributed by atoms with Crippen molar-refractivity contribution in [2.45, 2.75) is 39.8 Å². The van der Waals surface area contributed by atoms with Crippen LogP contribution >= 0.6 is 11.3 Å². The summed E-state index contributed by atoms with van der Waals surface area (Å²) in [6, 6.07) is 10.2. The average Bonchev–Trinajstić information content (AvgIpc) is 3.32. The van der Waals surface area contributed by atoms with Crippen molar-refractivity contribution in [2.24, 2.45) is 4.99 Å². The second kappa shape index (κ2) is 9.32. The van der Waals surface area contributed by atoms with Crippen molar-refractivity contribution in [3.8, 4) is 11.5 Å².